The summed E-state index contributed by atoms with van der Waals surface area (Å²) in [6.07, 6.45) is 1.46. The predicted molar refractivity (Wildman–Crippen MR) is 126 cm³/mol. The molecule has 0 bridgehead atoms. The van der Waals surface area contributed by atoms with E-state index >= 15 is 0 Å². The minimum Gasteiger partial charge on any atom is -0.462 e. The molecule has 0 saturated carbocycles. The zero-order valence-electron chi connectivity index (χ0n) is 17.8. The predicted octanol–water partition coefficient (Wildman–Crippen LogP) is 5.35. The third-order valence-electron chi connectivity index (χ3n) is 4.63. The van der Waals surface area contributed by atoms with Crippen LogP contribution >= 0.6 is 11.3 Å². The molecule has 0 saturated heterocycles. The van der Waals surface area contributed by atoms with Crippen molar-refractivity contribution in [3.8, 4) is 17.2 Å². The average Bonchev–Trinajstić information content (AvgIpc) is 3.13. The first-order valence-corrected chi connectivity index (χ1v) is 10.7. The number of nitrogens with one attached hydrogen (secondary N) is 1. The van der Waals surface area contributed by atoms with E-state index < -0.39 is 16.8 Å². The number of nitro benzene ring substituents is 1. The highest BCUT2D eigenvalue weighted by molar-refractivity contribution is 7.17. The Kier molecular flexibility index (Phi) is 7.33. The summed E-state index contributed by atoms with van der Waals surface area (Å²) in [6, 6.07) is 16.6. The van der Waals surface area contributed by atoms with Gasteiger partial charge in [-0.25, -0.2) is 4.79 Å². The van der Waals surface area contributed by atoms with Gasteiger partial charge in [0.2, 0.25) is 0 Å². The van der Waals surface area contributed by atoms with Crippen LogP contribution in [-0.2, 0) is 9.53 Å². The third-order valence-corrected chi connectivity index (χ3v) is 5.65. The molecule has 3 aromatic rings. The first-order chi connectivity index (χ1) is 15.8. The number of ether oxygens (including phenoxy) is 1. The Morgan fingerprint density at radius 1 is 1.18 bits per heavy atom. The number of rotatable bonds is 7. The third kappa shape index (κ3) is 5.31. The second-order valence-corrected chi connectivity index (χ2v) is 8.02. The Balaban J connectivity index is 2.03. The molecule has 1 N–H and O–H groups in total. The van der Waals surface area contributed by atoms with Gasteiger partial charge in [0, 0.05) is 22.6 Å². The number of thiophene rings is 1. The fourth-order valence-electron chi connectivity index (χ4n) is 3.16. The van der Waals surface area contributed by atoms with Crippen LogP contribution in [0.4, 0.5) is 10.7 Å². The molecule has 166 valence electrons. The lowest BCUT2D eigenvalue weighted by molar-refractivity contribution is -0.384. The monoisotopic (exact) mass is 461 g/mol. The van der Waals surface area contributed by atoms with E-state index in [0.717, 1.165) is 11.3 Å². The lowest BCUT2D eigenvalue weighted by Crippen LogP contribution is -2.16. The van der Waals surface area contributed by atoms with Crippen molar-refractivity contribution >= 4 is 40.0 Å². The van der Waals surface area contributed by atoms with E-state index in [9.17, 15) is 25.0 Å². The number of hydrogen-bond donors (Lipinski definition) is 1. The summed E-state index contributed by atoms with van der Waals surface area (Å²) in [4.78, 5) is 36.8. The molecule has 1 amide bonds. The molecule has 0 atom stereocenters. The summed E-state index contributed by atoms with van der Waals surface area (Å²) in [7, 11) is 0. The van der Waals surface area contributed by atoms with Crippen molar-refractivity contribution in [2.24, 2.45) is 0 Å². The molecular formula is C24H19N3O5S. The molecule has 1 heterocycles. The standard InChI is InChI=1S/C24H19N3O5S/c1-3-32-24(29)21-20(17-9-11-19(12-10-17)27(30)31)15(2)33-23(21)26-22(28)18(14-25)13-16-7-5-4-6-8-16/h4-13H,3H2,1-2H3,(H,26,28)/b18-13+. The SMILES string of the molecule is CCOC(=O)c1c(NC(=O)/C(C#N)=C/c2ccccc2)sc(C)c1-c1ccc([N+](=O)[O-])cc1. The molecule has 0 radical (unpaired) electrons. The molecule has 0 fully saturated rings. The van der Waals surface area contributed by atoms with Gasteiger partial charge in [-0.1, -0.05) is 30.3 Å². The maximum atomic E-state index is 12.8. The van der Waals surface area contributed by atoms with Crippen LogP contribution in [0.5, 0.6) is 0 Å². The molecule has 33 heavy (non-hydrogen) atoms. The van der Waals surface area contributed by atoms with E-state index in [4.69, 9.17) is 4.74 Å². The van der Waals surface area contributed by atoms with Crippen molar-refractivity contribution in [1.29, 1.82) is 5.26 Å². The van der Waals surface area contributed by atoms with Gasteiger partial charge >= 0.3 is 5.97 Å². The first kappa shape index (κ1) is 23.4. The molecule has 9 heteroatoms. The Hall–Kier alpha value is -4.29. The summed E-state index contributed by atoms with van der Waals surface area (Å²) in [5, 5.41) is 23.4. The van der Waals surface area contributed by atoms with E-state index in [2.05, 4.69) is 5.32 Å². The van der Waals surface area contributed by atoms with E-state index in [1.54, 1.807) is 38.1 Å². The number of carbonyl (C=O) groups is 2. The van der Waals surface area contributed by atoms with Crippen molar-refractivity contribution in [3.05, 3.63) is 86.3 Å². The van der Waals surface area contributed by atoms with E-state index in [1.165, 1.54) is 30.3 Å². The van der Waals surface area contributed by atoms with Crippen molar-refractivity contribution in [2.75, 3.05) is 11.9 Å². The van der Waals surface area contributed by atoms with Gasteiger partial charge in [0.05, 0.1) is 11.5 Å². The normalized spacial score (nSPS) is 10.9. The number of nitriles is 1. The van der Waals surface area contributed by atoms with Gasteiger partial charge in [0.25, 0.3) is 11.6 Å². The zero-order chi connectivity index (χ0) is 24.0. The lowest BCUT2D eigenvalue weighted by atomic mass is 10.0. The van der Waals surface area contributed by atoms with Gasteiger partial charge in [-0.15, -0.1) is 11.3 Å². The van der Waals surface area contributed by atoms with Crippen LogP contribution in [0.15, 0.2) is 60.2 Å². The minimum absolute atomic E-state index is 0.0810. The smallest absolute Gasteiger partial charge is 0.341 e. The number of benzene rings is 2. The van der Waals surface area contributed by atoms with Gasteiger partial charge in [-0.2, -0.15) is 5.26 Å². The number of anilines is 1. The van der Waals surface area contributed by atoms with E-state index in [1.807, 2.05) is 12.1 Å². The largest absolute Gasteiger partial charge is 0.462 e. The number of non-ortho nitro benzene ring substituents is 1. The van der Waals surface area contributed by atoms with Gasteiger partial charge in [0.1, 0.15) is 22.2 Å². The van der Waals surface area contributed by atoms with Crippen LogP contribution in [0.1, 0.15) is 27.7 Å². The Morgan fingerprint density at radius 2 is 1.85 bits per heavy atom. The molecule has 3 rings (SSSR count). The van der Waals surface area contributed by atoms with Crippen LogP contribution in [0.25, 0.3) is 17.2 Å². The summed E-state index contributed by atoms with van der Waals surface area (Å²) in [5.41, 5.74) is 1.69. The van der Waals surface area contributed by atoms with Gasteiger partial charge in [0.15, 0.2) is 0 Å². The number of carbonyl (C=O) groups excluding carboxylic acids is 2. The molecule has 0 unspecified atom stereocenters. The van der Waals surface area contributed by atoms with Gasteiger partial charge in [-0.05, 0) is 43.2 Å². The quantitative estimate of drug-likeness (QED) is 0.166. The Labute approximate surface area is 193 Å². The molecule has 0 aliphatic carbocycles. The van der Waals surface area contributed by atoms with Crippen molar-refractivity contribution in [2.45, 2.75) is 13.8 Å². The Bertz CT molecular complexity index is 1270. The van der Waals surface area contributed by atoms with E-state index in [-0.39, 0.29) is 28.4 Å². The number of nitro groups is 1. The van der Waals surface area contributed by atoms with Crippen molar-refractivity contribution in [1.82, 2.24) is 0 Å². The number of hydrogen-bond acceptors (Lipinski definition) is 7. The summed E-state index contributed by atoms with van der Waals surface area (Å²) in [6.45, 7) is 3.56. The maximum Gasteiger partial charge on any atom is 0.341 e. The highest BCUT2D eigenvalue weighted by Gasteiger charge is 2.26. The van der Waals surface area contributed by atoms with Crippen molar-refractivity contribution < 1.29 is 19.2 Å². The molecule has 0 aliphatic heterocycles. The van der Waals surface area contributed by atoms with Crippen molar-refractivity contribution in [3.63, 3.8) is 0 Å². The summed E-state index contributed by atoms with van der Waals surface area (Å²) in [5.74, 6) is -1.31. The molecular weight excluding hydrogens is 442 g/mol. The number of aryl methyl sites for hydroxylation is 1. The molecule has 8 nitrogen and oxygen atoms in total. The average molecular weight is 461 g/mol. The first-order valence-electron chi connectivity index (χ1n) is 9.89. The number of amides is 1. The fraction of sp³-hybridized carbons (Fsp3) is 0.125. The molecule has 0 spiro atoms. The number of nitrogens with zero attached hydrogens (tertiary/aromatic N) is 2. The summed E-state index contributed by atoms with van der Waals surface area (Å²) >= 11 is 1.16. The maximum absolute atomic E-state index is 12.8. The second-order valence-electron chi connectivity index (χ2n) is 6.80. The molecule has 2 aromatic carbocycles. The van der Waals surface area contributed by atoms with Gasteiger partial charge in [-0.3, -0.25) is 14.9 Å². The van der Waals surface area contributed by atoms with Gasteiger partial charge < -0.3 is 10.1 Å². The summed E-state index contributed by atoms with van der Waals surface area (Å²) < 4.78 is 5.20. The minimum atomic E-state index is -0.664. The lowest BCUT2D eigenvalue weighted by Gasteiger charge is -2.09. The van der Waals surface area contributed by atoms with Crippen LogP contribution in [0.2, 0.25) is 0 Å². The number of esters is 1. The zero-order valence-corrected chi connectivity index (χ0v) is 18.6. The fourth-order valence-corrected chi connectivity index (χ4v) is 4.22. The van der Waals surface area contributed by atoms with Crippen LogP contribution < -0.4 is 5.32 Å². The van der Waals surface area contributed by atoms with Crippen LogP contribution in [0, 0.1) is 28.4 Å². The second kappa shape index (κ2) is 10.3. The Morgan fingerprint density at radius 3 is 2.42 bits per heavy atom. The highest BCUT2D eigenvalue weighted by atomic mass is 32.1. The topological polar surface area (TPSA) is 122 Å². The van der Waals surface area contributed by atoms with E-state index in [0.29, 0.717) is 21.6 Å². The van der Waals surface area contributed by atoms with Crippen LogP contribution in [-0.4, -0.2) is 23.4 Å². The molecule has 1 aromatic heterocycles. The van der Waals surface area contributed by atoms with Crippen LogP contribution in [0.3, 0.4) is 0 Å². The molecule has 0 aliphatic rings. The highest BCUT2D eigenvalue weighted by Crippen LogP contribution is 2.41.